The van der Waals surface area contributed by atoms with Gasteiger partial charge in [-0.3, -0.25) is 4.79 Å². The van der Waals surface area contributed by atoms with Gasteiger partial charge in [-0.2, -0.15) is 0 Å². The van der Waals surface area contributed by atoms with Crippen LogP contribution in [0.15, 0.2) is 0 Å². The highest BCUT2D eigenvalue weighted by molar-refractivity contribution is 9.09. The Kier molecular flexibility index (Phi) is 2.38. The molecular weight excluding hydrogens is 254 g/mol. The van der Waals surface area contributed by atoms with Gasteiger partial charge in [0.15, 0.2) is 0 Å². The molecule has 14 heavy (non-hydrogen) atoms. The molecule has 5 nitrogen and oxygen atoms in total. The number of methoxy groups -OCH3 is 1. The Morgan fingerprint density at radius 1 is 1.71 bits per heavy atom. The van der Waals surface area contributed by atoms with Gasteiger partial charge in [0.1, 0.15) is 6.10 Å². The molecule has 0 aromatic heterocycles. The van der Waals surface area contributed by atoms with Crippen LogP contribution in [0.2, 0.25) is 0 Å². The third-order valence-electron chi connectivity index (χ3n) is 2.65. The molecule has 1 amide bonds. The number of fused-ring (bicyclic) bond motifs is 1. The van der Waals surface area contributed by atoms with Crippen molar-refractivity contribution in [1.29, 1.82) is 0 Å². The first-order valence-corrected chi connectivity index (χ1v) is 5.24. The molecular formula is C8H10BrNO4. The Balaban J connectivity index is 2.09. The fourth-order valence-electron chi connectivity index (χ4n) is 1.96. The van der Waals surface area contributed by atoms with Crippen molar-refractivity contribution in [3.63, 3.8) is 0 Å². The zero-order valence-corrected chi connectivity index (χ0v) is 9.11. The smallest absolute Gasteiger partial charge is 0.407 e. The summed E-state index contributed by atoms with van der Waals surface area (Å²) in [7, 11) is 1.36. The number of carbonyl (C=O) groups is 2. The van der Waals surface area contributed by atoms with E-state index in [1.165, 1.54) is 7.11 Å². The van der Waals surface area contributed by atoms with Crippen molar-refractivity contribution < 1.29 is 19.1 Å². The van der Waals surface area contributed by atoms with Gasteiger partial charge in [0.25, 0.3) is 0 Å². The van der Waals surface area contributed by atoms with Crippen LogP contribution >= 0.6 is 15.9 Å². The maximum Gasteiger partial charge on any atom is 0.407 e. The van der Waals surface area contributed by atoms with Crippen LogP contribution in [-0.4, -0.2) is 36.1 Å². The molecule has 1 aliphatic heterocycles. The number of alkyl halides is 1. The summed E-state index contributed by atoms with van der Waals surface area (Å²) in [6.45, 7) is 0. The number of alkyl carbamates (subject to hydrolysis) is 1. The Morgan fingerprint density at radius 3 is 3.00 bits per heavy atom. The second-order valence-corrected chi connectivity index (χ2v) is 4.49. The maximum absolute atomic E-state index is 11.3. The van der Waals surface area contributed by atoms with Gasteiger partial charge >= 0.3 is 12.1 Å². The molecule has 6 heteroatoms. The van der Waals surface area contributed by atoms with Crippen molar-refractivity contribution in [3.8, 4) is 0 Å². The van der Waals surface area contributed by atoms with Crippen LogP contribution in [0.4, 0.5) is 4.79 Å². The van der Waals surface area contributed by atoms with E-state index in [1.807, 2.05) is 0 Å². The van der Waals surface area contributed by atoms with Crippen molar-refractivity contribution >= 4 is 28.0 Å². The lowest BCUT2D eigenvalue weighted by Crippen LogP contribution is -2.29. The minimum atomic E-state index is -0.409. The minimum absolute atomic E-state index is 0.0732. The van der Waals surface area contributed by atoms with E-state index in [0.29, 0.717) is 6.42 Å². The first-order valence-electron chi connectivity index (χ1n) is 4.32. The van der Waals surface area contributed by atoms with Crippen molar-refractivity contribution in [3.05, 3.63) is 0 Å². The topological polar surface area (TPSA) is 64.6 Å². The molecule has 1 saturated heterocycles. The molecule has 2 aliphatic rings. The van der Waals surface area contributed by atoms with Gasteiger partial charge in [-0.05, 0) is 6.42 Å². The predicted octanol–water partition coefficient (Wildman–Crippen LogP) is 0.420. The molecule has 0 bridgehead atoms. The lowest BCUT2D eigenvalue weighted by molar-refractivity contribution is -0.145. The Hall–Kier alpha value is -0.780. The summed E-state index contributed by atoms with van der Waals surface area (Å²) in [5, 5.41) is 2.66. The monoisotopic (exact) mass is 263 g/mol. The van der Waals surface area contributed by atoms with E-state index < -0.39 is 6.09 Å². The number of rotatable bonds is 1. The summed E-state index contributed by atoms with van der Waals surface area (Å²) in [6.07, 6.45) is -0.0988. The number of carbonyl (C=O) groups excluding carboxylic acids is 2. The molecule has 1 heterocycles. The molecule has 2 fully saturated rings. The Labute approximate surface area is 89.2 Å². The van der Waals surface area contributed by atoms with E-state index in [0.717, 1.165) is 0 Å². The zero-order chi connectivity index (χ0) is 10.3. The zero-order valence-electron chi connectivity index (χ0n) is 7.53. The normalized spacial score (nSPS) is 40.0. The summed E-state index contributed by atoms with van der Waals surface area (Å²) in [6, 6.07) is -0.0732. The fraction of sp³-hybridized carbons (Fsp3) is 0.750. The number of nitrogens with one attached hydrogen (secondary N) is 1. The average molecular weight is 264 g/mol. The van der Waals surface area contributed by atoms with E-state index in [4.69, 9.17) is 4.74 Å². The molecule has 0 radical (unpaired) electrons. The van der Waals surface area contributed by atoms with Crippen molar-refractivity contribution in [1.82, 2.24) is 5.32 Å². The fourth-order valence-corrected chi connectivity index (χ4v) is 2.87. The number of esters is 1. The number of halogens is 1. The number of hydrogen-bond donors (Lipinski definition) is 1. The highest BCUT2D eigenvalue weighted by Crippen LogP contribution is 2.37. The van der Waals surface area contributed by atoms with Gasteiger partial charge in [-0.15, -0.1) is 0 Å². The van der Waals surface area contributed by atoms with Crippen LogP contribution in [0.5, 0.6) is 0 Å². The third kappa shape index (κ3) is 1.37. The molecule has 78 valence electrons. The Morgan fingerprint density at radius 2 is 2.43 bits per heavy atom. The molecule has 1 aliphatic carbocycles. The molecule has 1 saturated carbocycles. The lowest BCUT2D eigenvalue weighted by atomic mass is 10.1. The molecule has 2 rings (SSSR count). The molecule has 0 aromatic carbocycles. The van der Waals surface area contributed by atoms with Gasteiger partial charge in [0.2, 0.25) is 0 Å². The van der Waals surface area contributed by atoms with Gasteiger partial charge in [0.05, 0.1) is 23.9 Å². The van der Waals surface area contributed by atoms with E-state index >= 15 is 0 Å². The molecule has 4 atom stereocenters. The number of amides is 1. The highest BCUT2D eigenvalue weighted by atomic mass is 79.9. The van der Waals surface area contributed by atoms with Gasteiger partial charge in [-0.25, -0.2) is 4.79 Å². The summed E-state index contributed by atoms with van der Waals surface area (Å²) in [5.41, 5.74) is 0. The van der Waals surface area contributed by atoms with Gasteiger partial charge in [-0.1, -0.05) is 15.9 Å². The van der Waals surface area contributed by atoms with E-state index in [2.05, 4.69) is 26.0 Å². The van der Waals surface area contributed by atoms with Gasteiger partial charge in [0, 0.05) is 0 Å². The number of hydrogen-bond acceptors (Lipinski definition) is 4. The van der Waals surface area contributed by atoms with E-state index in [9.17, 15) is 9.59 Å². The summed E-state index contributed by atoms with van der Waals surface area (Å²) in [4.78, 5) is 22.0. The van der Waals surface area contributed by atoms with Crippen LogP contribution in [0.25, 0.3) is 0 Å². The molecule has 0 spiro atoms. The van der Waals surface area contributed by atoms with Crippen molar-refractivity contribution in [2.24, 2.45) is 5.92 Å². The summed E-state index contributed by atoms with van der Waals surface area (Å²) >= 11 is 3.36. The largest absolute Gasteiger partial charge is 0.469 e. The average Bonchev–Trinajstić information content (AvgIpc) is 2.64. The first kappa shape index (κ1) is 9.76. The second kappa shape index (κ2) is 3.42. The number of ether oxygens (including phenoxy) is 2. The first-order chi connectivity index (χ1) is 6.63. The highest BCUT2D eigenvalue weighted by Gasteiger charge is 2.52. The summed E-state index contributed by atoms with van der Waals surface area (Å²) < 4.78 is 9.68. The SMILES string of the molecule is COC(=O)[C@H]1C[C@H]2NC(=O)O[C@H]2C1Br. The predicted molar refractivity (Wildman–Crippen MR) is 50.0 cm³/mol. The van der Waals surface area contributed by atoms with Crippen molar-refractivity contribution in [2.45, 2.75) is 23.4 Å². The van der Waals surface area contributed by atoms with Crippen LogP contribution in [-0.2, 0) is 14.3 Å². The standard InChI is InChI=1S/C8H10BrNO4/c1-13-7(11)3-2-4-6(5(3)9)14-8(12)10-4/h3-6H,2H2,1H3,(H,10,12)/t3-,4+,5?,6+/m0/s1. The lowest BCUT2D eigenvalue weighted by Gasteiger charge is -2.14. The third-order valence-corrected chi connectivity index (χ3v) is 3.81. The summed E-state index contributed by atoms with van der Waals surface area (Å²) in [5.74, 6) is -0.505. The second-order valence-electron chi connectivity index (χ2n) is 3.43. The molecule has 1 unspecified atom stereocenters. The van der Waals surface area contributed by atoms with Crippen molar-refractivity contribution in [2.75, 3.05) is 7.11 Å². The maximum atomic E-state index is 11.3. The van der Waals surface area contributed by atoms with E-state index in [1.54, 1.807) is 0 Å². The minimum Gasteiger partial charge on any atom is -0.469 e. The molecule has 0 aromatic rings. The van der Waals surface area contributed by atoms with Crippen LogP contribution in [0.3, 0.4) is 0 Å². The van der Waals surface area contributed by atoms with E-state index in [-0.39, 0.29) is 28.9 Å². The van der Waals surface area contributed by atoms with Crippen LogP contribution in [0.1, 0.15) is 6.42 Å². The quantitative estimate of drug-likeness (QED) is 0.550. The van der Waals surface area contributed by atoms with Gasteiger partial charge < -0.3 is 14.8 Å². The van der Waals surface area contributed by atoms with Crippen LogP contribution in [0, 0.1) is 5.92 Å². The van der Waals surface area contributed by atoms with Crippen LogP contribution < -0.4 is 5.32 Å². The Bertz CT molecular complexity index is 283. The molecule has 1 N–H and O–H groups in total.